The van der Waals surface area contributed by atoms with Gasteiger partial charge < -0.3 is 21.5 Å². The predicted molar refractivity (Wildman–Crippen MR) is 184 cm³/mol. The van der Waals surface area contributed by atoms with E-state index in [1.54, 1.807) is 24.3 Å². The molecule has 2 aromatic carbocycles. The maximum atomic E-state index is 13.7. The molecule has 47 heavy (non-hydrogen) atoms. The van der Waals surface area contributed by atoms with Gasteiger partial charge in [-0.1, -0.05) is 101 Å². The number of primary amides is 1. The molecular weight excluding hydrogens is 618 g/mol. The third kappa shape index (κ3) is 12.2. The summed E-state index contributed by atoms with van der Waals surface area (Å²) in [5.41, 5.74) is 6.64. The van der Waals surface area contributed by atoms with Crippen molar-refractivity contribution in [2.75, 3.05) is 18.8 Å². The molecule has 3 aromatic rings. The third-order valence-electron chi connectivity index (χ3n) is 7.23. The topological polar surface area (TPSA) is 172 Å². The van der Waals surface area contributed by atoms with Crippen LogP contribution >= 0.6 is 0 Å². The van der Waals surface area contributed by atoms with E-state index in [0.29, 0.717) is 5.52 Å². The van der Waals surface area contributed by atoms with Crippen LogP contribution in [0.15, 0.2) is 78.9 Å². The summed E-state index contributed by atoms with van der Waals surface area (Å²) >= 11 is 0. The first-order chi connectivity index (χ1) is 22.0. The molecular formula is C35H47N5O6S. The van der Waals surface area contributed by atoms with Crippen LogP contribution in [0.3, 0.4) is 0 Å². The molecule has 0 bridgehead atoms. The second-order valence-electron chi connectivity index (χ2n) is 13.2. The molecule has 0 saturated carbocycles. The van der Waals surface area contributed by atoms with Crippen molar-refractivity contribution in [3.8, 4) is 0 Å². The normalized spacial score (nSPS) is 14.3. The van der Waals surface area contributed by atoms with Gasteiger partial charge in [-0.2, -0.15) is 4.31 Å². The zero-order valence-electron chi connectivity index (χ0n) is 27.7. The lowest BCUT2D eigenvalue weighted by Crippen LogP contribution is -2.56. The lowest BCUT2D eigenvalue weighted by molar-refractivity contribution is -0.128. The van der Waals surface area contributed by atoms with Gasteiger partial charge in [0, 0.05) is 18.5 Å². The fourth-order valence-corrected chi connectivity index (χ4v) is 6.40. The van der Waals surface area contributed by atoms with Gasteiger partial charge in [0.15, 0.2) is 0 Å². The highest BCUT2D eigenvalue weighted by atomic mass is 32.2. The molecule has 0 aliphatic rings. The molecule has 1 heterocycles. The van der Waals surface area contributed by atoms with E-state index in [-0.39, 0.29) is 42.3 Å². The number of carbonyl (C=O) groups excluding carboxylic acids is 3. The smallest absolute Gasteiger partial charge is 0.270 e. The Morgan fingerprint density at radius 2 is 1.62 bits per heavy atom. The molecule has 0 radical (unpaired) electrons. The fraction of sp³-hybridized carbons (Fsp3) is 0.429. The van der Waals surface area contributed by atoms with Crippen LogP contribution in [0.4, 0.5) is 0 Å². The van der Waals surface area contributed by atoms with Crippen LogP contribution in [0, 0.1) is 11.3 Å². The molecule has 0 unspecified atom stereocenters. The van der Waals surface area contributed by atoms with Crippen molar-refractivity contribution in [3.05, 3.63) is 90.1 Å². The van der Waals surface area contributed by atoms with Gasteiger partial charge in [-0.05, 0) is 35.4 Å². The van der Waals surface area contributed by atoms with Crippen LogP contribution < -0.4 is 16.4 Å². The monoisotopic (exact) mass is 665 g/mol. The SMILES string of the molecule is CC(C)CN(C[C@@H](O)[C@H](Cc1ccccc1)NC(=O)[C@H](CC(N)=O)NC(=O)c1ccc2ccccc2n1)S(=O)(=O)C/C=C/C(C)(C)C. The van der Waals surface area contributed by atoms with E-state index >= 15 is 0 Å². The van der Waals surface area contributed by atoms with E-state index in [1.807, 2.05) is 83.2 Å². The number of nitrogens with two attached hydrogens (primary N) is 1. The lowest BCUT2D eigenvalue weighted by Gasteiger charge is -2.31. The van der Waals surface area contributed by atoms with Crippen molar-refractivity contribution in [3.63, 3.8) is 0 Å². The number of fused-ring (bicyclic) bond motifs is 1. The Balaban J connectivity index is 1.86. The number of aliphatic hydroxyl groups is 1. The van der Waals surface area contributed by atoms with Crippen LogP contribution in [0.1, 0.15) is 57.1 Å². The molecule has 0 saturated heterocycles. The second-order valence-corrected chi connectivity index (χ2v) is 15.2. The first-order valence-corrected chi connectivity index (χ1v) is 17.3. The molecule has 0 fully saturated rings. The van der Waals surface area contributed by atoms with Crippen molar-refractivity contribution in [1.29, 1.82) is 0 Å². The number of sulfonamides is 1. The number of aromatic nitrogens is 1. The van der Waals surface area contributed by atoms with Crippen LogP contribution in [0.5, 0.6) is 0 Å². The third-order valence-corrected chi connectivity index (χ3v) is 8.92. The number of hydrogen-bond donors (Lipinski definition) is 4. The van der Waals surface area contributed by atoms with Crippen molar-refractivity contribution < 1.29 is 27.9 Å². The number of allylic oxidation sites excluding steroid dienone is 1. The number of rotatable bonds is 16. The van der Waals surface area contributed by atoms with Gasteiger partial charge >= 0.3 is 0 Å². The Labute approximate surface area is 277 Å². The molecule has 0 aliphatic carbocycles. The minimum absolute atomic E-state index is 0.0374. The van der Waals surface area contributed by atoms with Gasteiger partial charge in [-0.25, -0.2) is 13.4 Å². The number of carbonyl (C=O) groups is 3. The van der Waals surface area contributed by atoms with Crippen molar-refractivity contribution in [1.82, 2.24) is 19.9 Å². The van der Waals surface area contributed by atoms with Gasteiger partial charge in [0.1, 0.15) is 11.7 Å². The van der Waals surface area contributed by atoms with Gasteiger partial charge in [0.25, 0.3) is 5.91 Å². The van der Waals surface area contributed by atoms with Crippen LogP contribution in [0.25, 0.3) is 10.9 Å². The van der Waals surface area contributed by atoms with Crippen molar-refractivity contribution >= 4 is 38.6 Å². The summed E-state index contributed by atoms with van der Waals surface area (Å²) in [6.45, 7) is 9.54. The Hall–Kier alpha value is -4.13. The number of aliphatic hydroxyl groups excluding tert-OH is 1. The van der Waals surface area contributed by atoms with E-state index in [4.69, 9.17) is 5.73 Å². The number of amides is 3. The Morgan fingerprint density at radius 3 is 2.26 bits per heavy atom. The summed E-state index contributed by atoms with van der Waals surface area (Å²) in [6, 6.07) is 17.2. The number of nitrogens with zero attached hydrogens (tertiary/aromatic N) is 2. The minimum Gasteiger partial charge on any atom is -0.390 e. The summed E-state index contributed by atoms with van der Waals surface area (Å²) < 4.78 is 28.1. The maximum Gasteiger partial charge on any atom is 0.270 e. The van der Waals surface area contributed by atoms with Crippen molar-refractivity contribution in [2.24, 2.45) is 17.1 Å². The molecule has 1 aromatic heterocycles. The number of hydrogen-bond acceptors (Lipinski definition) is 7. The number of para-hydroxylation sites is 1. The second kappa shape index (κ2) is 16.6. The fourth-order valence-electron chi connectivity index (χ4n) is 4.94. The van der Waals surface area contributed by atoms with Crippen molar-refractivity contribution in [2.45, 2.75) is 65.6 Å². The van der Waals surface area contributed by atoms with E-state index in [9.17, 15) is 27.9 Å². The molecule has 5 N–H and O–H groups in total. The zero-order valence-corrected chi connectivity index (χ0v) is 28.5. The number of pyridine rings is 1. The van der Waals surface area contributed by atoms with E-state index in [0.717, 1.165) is 10.9 Å². The summed E-state index contributed by atoms with van der Waals surface area (Å²) in [4.78, 5) is 43.2. The summed E-state index contributed by atoms with van der Waals surface area (Å²) in [7, 11) is -3.82. The van der Waals surface area contributed by atoms with Crippen LogP contribution in [0.2, 0.25) is 0 Å². The zero-order chi connectivity index (χ0) is 34.8. The average molecular weight is 666 g/mol. The van der Waals surface area contributed by atoms with Gasteiger partial charge in [-0.15, -0.1) is 0 Å². The quantitative estimate of drug-likeness (QED) is 0.170. The average Bonchev–Trinajstić information content (AvgIpc) is 2.99. The highest BCUT2D eigenvalue weighted by Crippen LogP contribution is 2.17. The first-order valence-electron chi connectivity index (χ1n) is 15.7. The minimum atomic E-state index is -3.82. The molecule has 12 heteroatoms. The highest BCUT2D eigenvalue weighted by Gasteiger charge is 2.32. The molecule has 3 amide bonds. The van der Waals surface area contributed by atoms with Crippen LogP contribution in [-0.4, -0.2) is 77.6 Å². The number of benzene rings is 2. The maximum absolute atomic E-state index is 13.7. The lowest BCUT2D eigenvalue weighted by atomic mass is 9.97. The molecule has 0 spiro atoms. The standard InChI is InChI=1S/C35H47N5O6S/c1-24(2)22-40(47(45,46)19-11-18-35(3,4)5)23-31(41)29(20-25-12-7-6-8-13-25)38-34(44)30(21-32(36)42)39-33(43)28-17-16-26-14-9-10-15-27(26)37-28/h6-18,24,29-31,41H,19-23H2,1-5H3,(H2,36,42)(H,38,44)(H,39,43)/b18-11+/t29-,30-,31+/m0/s1. The summed E-state index contributed by atoms with van der Waals surface area (Å²) in [6.07, 6.45) is 1.74. The van der Waals surface area contributed by atoms with Gasteiger partial charge in [-0.3, -0.25) is 14.4 Å². The van der Waals surface area contributed by atoms with E-state index in [1.165, 1.54) is 10.4 Å². The molecule has 11 nitrogen and oxygen atoms in total. The molecule has 3 atom stereocenters. The molecule has 254 valence electrons. The Bertz CT molecular complexity index is 1650. The van der Waals surface area contributed by atoms with E-state index in [2.05, 4.69) is 15.6 Å². The Morgan fingerprint density at radius 1 is 0.957 bits per heavy atom. The van der Waals surface area contributed by atoms with E-state index < -0.39 is 52.4 Å². The van der Waals surface area contributed by atoms with Crippen LogP contribution in [-0.2, 0) is 26.0 Å². The van der Waals surface area contributed by atoms with Gasteiger partial charge in [0.05, 0.1) is 29.8 Å². The summed E-state index contributed by atoms with van der Waals surface area (Å²) in [5.74, 6) is -2.55. The summed E-state index contributed by atoms with van der Waals surface area (Å²) in [5, 5.41) is 17.7. The first kappa shape index (κ1) is 37.3. The number of nitrogens with one attached hydrogen (secondary N) is 2. The largest absolute Gasteiger partial charge is 0.390 e. The highest BCUT2D eigenvalue weighted by molar-refractivity contribution is 7.89. The molecule has 3 rings (SSSR count). The van der Waals surface area contributed by atoms with Gasteiger partial charge in [0.2, 0.25) is 21.8 Å². The molecule has 0 aliphatic heterocycles. The predicted octanol–water partition coefficient (Wildman–Crippen LogP) is 3.19. The Kier molecular flexibility index (Phi) is 13.2.